The number of hydrogen-bond donors (Lipinski definition) is 3. The van der Waals surface area contributed by atoms with Crippen molar-refractivity contribution in [1.82, 2.24) is 15.5 Å². The number of aromatic amines is 1. The Morgan fingerprint density at radius 2 is 1.93 bits per heavy atom. The maximum atomic E-state index is 12.4. The topological polar surface area (TPSA) is 86.9 Å². The summed E-state index contributed by atoms with van der Waals surface area (Å²) in [5.41, 5.74) is 2.00. The quantitative estimate of drug-likeness (QED) is 0.652. The molecule has 0 unspecified atom stereocenters. The molecule has 2 aromatic carbocycles. The van der Waals surface area contributed by atoms with E-state index in [4.69, 9.17) is 0 Å². The molecule has 3 aromatic rings. The Labute approximate surface area is 157 Å². The van der Waals surface area contributed by atoms with Gasteiger partial charge in [0, 0.05) is 30.6 Å². The summed E-state index contributed by atoms with van der Waals surface area (Å²) in [4.78, 5) is 23.5. The van der Waals surface area contributed by atoms with Gasteiger partial charge in [-0.25, -0.2) is 0 Å². The standard InChI is InChI=1S/C21H22N4O2/c1-13(26)22-17-9-16(10-17)19-12-20(25-24-19)23-21(27)11-15-7-4-6-14-5-2-3-8-18(14)15/h2-8,12,16-17H,9-11H2,1H3,(H,22,26)(H2,23,24,25,27). The van der Waals surface area contributed by atoms with E-state index in [0.717, 1.165) is 34.9 Å². The third-order valence-electron chi connectivity index (χ3n) is 5.08. The first-order valence-electron chi connectivity index (χ1n) is 9.17. The van der Waals surface area contributed by atoms with Crippen molar-refractivity contribution in [3.05, 3.63) is 59.8 Å². The number of amides is 2. The monoisotopic (exact) mass is 362 g/mol. The Kier molecular flexibility index (Phi) is 4.62. The largest absolute Gasteiger partial charge is 0.354 e. The maximum Gasteiger partial charge on any atom is 0.230 e. The van der Waals surface area contributed by atoms with Gasteiger partial charge in [0.25, 0.3) is 0 Å². The number of H-pyrrole nitrogens is 1. The lowest BCUT2D eigenvalue weighted by atomic mass is 9.78. The van der Waals surface area contributed by atoms with Crippen molar-refractivity contribution in [2.75, 3.05) is 5.32 Å². The molecule has 0 atom stereocenters. The number of hydrogen-bond acceptors (Lipinski definition) is 3. The van der Waals surface area contributed by atoms with Crippen molar-refractivity contribution >= 4 is 28.4 Å². The SMILES string of the molecule is CC(=O)NC1CC(c2cc(NC(=O)Cc3cccc4ccccc34)n[nH]2)C1. The molecule has 0 bridgehead atoms. The highest BCUT2D eigenvalue weighted by Gasteiger charge is 2.32. The summed E-state index contributed by atoms with van der Waals surface area (Å²) in [6.45, 7) is 1.53. The highest BCUT2D eigenvalue weighted by atomic mass is 16.2. The van der Waals surface area contributed by atoms with E-state index in [1.807, 2.05) is 48.5 Å². The first-order chi connectivity index (χ1) is 13.1. The van der Waals surface area contributed by atoms with E-state index in [2.05, 4.69) is 20.8 Å². The van der Waals surface area contributed by atoms with Crippen molar-refractivity contribution in [2.45, 2.75) is 38.1 Å². The molecule has 1 aromatic heterocycles. The van der Waals surface area contributed by atoms with E-state index >= 15 is 0 Å². The van der Waals surface area contributed by atoms with Gasteiger partial charge in [-0.05, 0) is 29.2 Å². The average Bonchev–Trinajstić information content (AvgIpc) is 3.05. The molecule has 0 aliphatic heterocycles. The third kappa shape index (κ3) is 3.84. The van der Waals surface area contributed by atoms with Gasteiger partial charge in [0.15, 0.2) is 5.82 Å². The second-order valence-electron chi connectivity index (χ2n) is 7.14. The van der Waals surface area contributed by atoms with Crippen molar-refractivity contribution in [2.24, 2.45) is 0 Å². The van der Waals surface area contributed by atoms with Crippen LogP contribution in [-0.2, 0) is 16.0 Å². The Morgan fingerprint density at radius 3 is 2.74 bits per heavy atom. The van der Waals surface area contributed by atoms with Crippen molar-refractivity contribution in [3.63, 3.8) is 0 Å². The molecule has 0 saturated heterocycles. The second kappa shape index (κ2) is 7.23. The van der Waals surface area contributed by atoms with Gasteiger partial charge in [0.1, 0.15) is 0 Å². The first kappa shape index (κ1) is 17.3. The second-order valence-corrected chi connectivity index (χ2v) is 7.14. The fourth-order valence-corrected chi connectivity index (χ4v) is 3.69. The minimum atomic E-state index is -0.0888. The molecule has 2 amide bonds. The normalized spacial score (nSPS) is 18.7. The average molecular weight is 362 g/mol. The van der Waals surface area contributed by atoms with Crippen molar-refractivity contribution in [3.8, 4) is 0 Å². The summed E-state index contributed by atoms with van der Waals surface area (Å²) >= 11 is 0. The minimum absolute atomic E-state index is 0.00412. The van der Waals surface area contributed by atoms with E-state index < -0.39 is 0 Å². The van der Waals surface area contributed by atoms with Crippen LogP contribution in [0.25, 0.3) is 10.8 Å². The number of anilines is 1. The third-order valence-corrected chi connectivity index (χ3v) is 5.08. The zero-order valence-corrected chi connectivity index (χ0v) is 15.2. The van der Waals surface area contributed by atoms with Crippen LogP contribution in [0.3, 0.4) is 0 Å². The summed E-state index contributed by atoms with van der Waals surface area (Å²) < 4.78 is 0. The predicted octanol–water partition coefficient (Wildman–Crippen LogP) is 3.13. The number of benzene rings is 2. The van der Waals surface area contributed by atoms with Crippen LogP contribution in [-0.4, -0.2) is 28.1 Å². The van der Waals surface area contributed by atoms with Gasteiger partial charge in [0.05, 0.1) is 6.42 Å². The summed E-state index contributed by atoms with van der Waals surface area (Å²) in [5.74, 6) is 0.801. The summed E-state index contributed by atoms with van der Waals surface area (Å²) in [7, 11) is 0. The maximum absolute atomic E-state index is 12.4. The molecule has 0 spiro atoms. The van der Waals surface area contributed by atoms with E-state index in [1.165, 1.54) is 6.92 Å². The van der Waals surface area contributed by atoms with Crippen molar-refractivity contribution < 1.29 is 9.59 Å². The van der Waals surface area contributed by atoms with E-state index in [0.29, 0.717) is 18.2 Å². The molecular formula is C21H22N4O2. The van der Waals surface area contributed by atoms with Crippen LogP contribution in [0.2, 0.25) is 0 Å². The molecule has 27 heavy (non-hydrogen) atoms. The summed E-state index contributed by atoms with van der Waals surface area (Å²) in [6, 6.07) is 16.2. The predicted molar refractivity (Wildman–Crippen MR) is 104 cm³/mol. The van der Waals surface area contributed by atoms with E-state index in [9.17, 15) is 9.59 Å². The van der Waals surface area contributed by atoms with E-state index in [1.54, 1.807) is 0 Å². The number of rotatable bonds is 5. The molecule has 1 aliphatic rings. The lowest BCUT2D eigenvalue weighted by Gasteiger charge is -2.34. The van der Waals surface area contributed by atoms with Crippen LogP contribution in [0.15, 0.2) is 48.5 Å². The van der Waals surface area contributed by atoms with Gasteiger partial charge in [0.2, 0.25) is 11.8 Å². The van der Waals surface area contributed by atoms with Crippen LogP contribution >= 0.6 is 0 Å². The van der Waals surface area contributed by atoms with Crippen LogP contribution in [0.1, 0.15) is 36.9 Å². The fraction of sp³-hybridized carbons (Fsp3) is 0.286. The molecular weight excluding hydrogens is 340 g/mol. The molecule has 6 heteroatoms. The Hall–Kier alpha value is -3.15. The fourth-order valence-electron chi connectivity index (χ4n) is 3.69. The van der Waals surface area contributed by atoms with Gasteiger partial charge in [-0.15, -0.1) is 0 Å². The molecule has 138 valence electrons. The molecule has 1 heterocycles. The number of nitrogens with zero attached hydrogens (tertiary/aromatic N) is 1. The summed E-state index contributed by atoms with van der Waals surface area (Å²) in [6.07, 6.45) is 2.09. The number of carbonyl (C=O) groups excluding carboxylic acids is 2. The number of carbonyl (C=O) groups is 2. The molecule has 3 N–H and O–H groups in total. The number of nitrogens with one attached hydrogen (secondary N) is 3. The number of aromatic nitrogens is 2. The smallest absolute Gasteiger partial charge is 0.230 e. The van der Waals surface area contributed by atoms with Gasteiger partial charge in [-0.2, -0.15) is 5.10 Å². The molecule has 0 radical (unpaired) electrons. The van der Waals surface area contributed by atoms with Gasteiger partial charge >= 0.3 is 0 Å². The van der Waals surface area contributed by atoms with Crippen LogP contribution < -0.4 is 10.6 Å². The van der Waals surface area contributed by atoms with Gasteiger partial charge < -0.3 is 10.6 Å². The molecule has 1 aliphatic carbocycles. The minimum Gasteiger partial charge on any atom is -0.354 e. The zero-order valence-electron chi connectivity index (χ0n) is 15.2. The van der Waals surface area contributed by atoms with Gasteiger partial charge in [-0.3, -0.25) is 14.7 Å². The lowest BCUT2D eigenvalue weighted by Crippen LogP contribution is -2.42. The van der Waals surface area contributed by atoms with Crippen LogP contribution in [0, 0.1) is 0 Å². The Bertz CT molecular complexity index is 983. The Morgan fingerprint density at radius 1 is 1.15 bits per heavy atom. The van der Waals surface area contributed by atoms with Crippen LogP contribution in [0.5, 0.6) is 0 Å². The van der Waals surface area contributed by atoms with Gasteiger partial charge in [-0.1, -0.05) is 42.5 Å². The molecule has 4 rings (SSSR count). The van der Waals surface area contributed by atoms with Crippen LogP contribution in [0.4, 0.5) is 5.82 Å². The molecule has 1 fully saturated rings. The highest BCUT2D eigenvalue weighted by Crippen LogP contribution is 2.36. The Balaban J connectivity index is 1.37. The molecule has 1 saturated carbocycles. The molecule has 6 nitrogen and oxygen atoms in total. The first-order valence-corrected chi connectivity index (χ1v) is 9.17. The lowest BCUT2D eigenvalue weighted by molar-refractivity contribution is -0.120. The highest BCUT2D eigenvalue weighted by molar-refractivity contribution is 5.95. The van der Waals surface area contributed by atoms with Crippen molar-refractivity contribution in [1.29, 1.82) is 0 Å². The van der Waals surface area contributed by atoms with E-state index in [-0.39, 0.29) is 17.9 Å². The summed E-state index contributed by atoms with van der Waals surface area (Å²) in [5, 5.41) is 15.2. The zero-order chi connectivity index (χ0) is 18.8. The number of fused-ring (bicyclic) bond motifs is 1.